The lowest BCUT2D eigenvalue weighted by Crippen LogP contribution is -2.37. The van der Waals surface area contributed by atoms with Crippen molar-refractivity contribution in [1.82, 2.24) is 19.8 Å². The standard InChI is InChI=1S/C17H26N4O2/c1-12-18-15-7-9-21(10-16(22)20(2)3)8-6-14(15)17(19-12)23-11-13-4-5-13/h13H,4-11H2,1-3H3. The van der Waals surface area contributed by atoms with Crippen LogP contribution in [0.1, 0.15) is 29.9 Å². The Kier molecular flexibility index (Phi) is 4.80. The van der Waals surface area contributed by atoms with Crippen molar-refractivity contribution in [1.29, 1.82) is 0 Å². The van der Waals surface area contributed by atoms with Gasteiger partial charge in [0.1, 0.15) is 5.82 Å². The van der Waals surface area contributed by atoms with Crippen LogP contribution in [0, 0.1) is 12.8 Å². The van der Waals surface area contributed by atoms with Gasteiger partial charge >= 0.3 is 0 Å². The molecule has 0 spiro atoms. The largest absolute Gasteiger partial charge is 0.477 e. The van der Waals surface area contributed by atoms with Gasteiger partial charge in [-0.15, -0.1) is 0 Å². The van der Waals surface area contributed by atoms with Gasteiger partial charge in [0.25, 0.3) is 0 Å². The Balaban J connectivity index is 1.70. The molecular weight excluding hydrogens is 292 g/mol. The van der Waals surface area contributed by atoms with Crippen molar-refractivity contribution in [3.8, 4) is 5.88 Å². The zero-order chi connectivity index (χ0) is 16.4. The minimum Gasteiger partial charge on any atom is -0.477 e. The maximum atomic E-state index is 11.9. The first-order valence-electron chi connectivity index (χ1n) is 8.44. The van der Waals surface area contributed by atoms with E-state index in [2.05, 4.69) is 14.9 Å². The van der Waals surface area contributed by atoms with Crippen LogP contribution >= 0.6 is 0 Å². The zero-order valence-corrected chi connectivity index (χ0v) is 14.3. The Morgan fingerprint density at radius 1 is 1.26 bits per heavy atom. The van der Waals surface area contributed by atoms with Crippen LogP contribution in [-0.4, -0.2) is 66.0 Å². The van der Waals surface area contributed by atoms with E-state index in [1.807, 2.05) is 6.92 Å². The molecule has 0 bridgehead atoms. The zero-order valence-electron chi connectivity index (χ0n) is 14.3. The Bertz CT molecular complexity index is 584. The Labute approximate surface area is 137 Å². The highest BCUT2D eigenvalue weighted by molar-refractivity contribution is 5.77. The second kappa shape index (κ2) is 6.83. The molecule has 1 amide bonds. The number of likely N-dealkylation sites (N-methyl/N-ethyl adjacent to an activating group) is 1. The van der Waals surface area contributed by atoms with Gasteiger partial charge in [0.05, 0.1) is 18.8 Å². The van der Waals surface area contributed by atoms with E-state index in [0.717, 1.165) is 55.5 Å². The number of aryl methyl sites for hydroxylation is 1. The molecule has 2 aliphatic rings. The average Bonchev–Trinajstić information content (AvgIpc) is 3.32. The van der Waals surface area contributed by atoms with Gasteiger partial charge in [-0.25, -0.2) is 4.98 Å². The molecule has 1 saturated carbocycles. The molecule has 0 aromatic carbocycles. The smallest absolute Gasteiger partial charge is 0.236 e. The molecule has 0 atom stereocenters. The molecule has 23 heavy (non-hydrogen) atoms. The summed E-state index contributed by atoms with van der Waals surface area (Å²) in [7, 11) is 3.60. The Morgan fingerprint density at radius 3 is 2.70 bits per heavy atom. The van der Waals surface area contributed by atoms with E-state index < -0.39 is 0 Å². The summed E-state index contributed by atoms with van der Waals surface area (Å²) in [5.41, 5.74) is 2.22. The third-order valence-corrected chi connectivity index (χ3v) is 4.52. The van der Waals surface area contributed by atoms with Crippen LogP contribution in [0.4, 0.5) is 0 Å². The molecule has 0 N–H and O–H groups in total. The van der Waals surface area contributed by atoms with Gasteiger partial charge in [-0.05, 0) is 32.1 Å². The van der Waals surface area contributed by atoms with Gasteiger partial charge in [0.15, 0.2) is 0 Å². The molecule has 126 valence electrons. The number of carbonyl (C=O) groups is 1. The summed E-state index contributed by atoms with van der Waals surface area (Å²) in [6.07, 6.45) is 4.23. The average molecular weight is 318 g/mol. The number of carbonyl (C=O) groups excluding carboxylic acids is 1. The second-order valence-corrected chi connectivity index (χ2v) is 6.82. The maximum absolute atomic E-state index is 11.9. The van der Waals surface area contributed by atoms with E-state index in [0.29, 0.717) is 12.5 Å². The van der Waals surface area contributed by atoms with Crippen molar-refractivity contribution in [3.63, 3.8) is 0 Å². The Hall–Kier alpha value is -1.69. The normalized spacial score (nSPS) is 18.2. The summed E-state index contributed by atoms with van der Waals surface area (Å²) >= 11 is 0. The molecule has 3 rings (SSSR count). The van der Waals surface area contributed by atoms with Crippen molar-refractivity contribution in [2.75, 3.05) is 40.3 Å². The number of hydrogen-bond acceptors (Lipinski definition) is 5. The summed E-state index contributed by atoms with van der Waals surface area (Å²) in [6, 6.07) is 0. The second-order valence-electron chi connectivity index (χ2n) is 6.82. The summed E-state index contributed by atoms with van der Waals surface area (Å²) in [6.45, 7) is 4.85. The number of aromatic nitrogens is 2. The third kappa shape index (κ3) is 4.19. The van der Waals surface area contributed by atoms with Crippen LogP contribution < -0.4 is 4.74 Å². The van der Waals surface area contributed by atoms with Gasteiger partial charge < -0.3 is 9.64 Å². The topological polar surface area (TPSA) is 58.6 Å². The van der Waals surface area contributed by atoms with Crippen molar-refractivity contribution in [3.05, 3.63) is 17.1 Å². The lowest BCUT2D eigenvalue weighted by molar-refractivity contribution is -0.129. The molecule has 6 heteroatoms. The van der Waals surface area contributed by atoms with Gasteiger partial charge in [-0.1, -0.05) is 0 Å². The molecule has 1 aliphatic heterocycles. The van der Waals surface area contributed by atoms with Gasteiger partial charge in [-0.3, -0.25) is 9.69 Å². The highest BCUT2D eigenvalue weighted by Crippen LogP contribution is 2.31. The molecule has 1 aromatic heterocycles. The lowest BCUT2D eigenvalue weighted by atomic mass is 10.1. The molecule has 0 radical (unpaired) electrons. The first-order valence-corrected chi connectivity index (χ1v) is 8.44. The predicted octanol–water partition coefficient (Wildman–Crippen LogP) is 1.06. The number of hydrogen-bond donors (Lipinski definition) is 0. The number of fused-ring (bicyclic) bond motifs is 1. The van der Waals surface area contributed by atoms with E-state index in [9.17, 15) is 4.79 Å². The van der Waals surface area contributed by atoms with Crippen LogP contribution in [0.5, 0.6) is 5.88 Å². The first-order chi connectivity index (χ1) is 11.0. The molecule has 0 saturated heterocycles. The fourth-order valence-electron chi connectivity index (χ4n) is 2.82. The SMILES string of the molecule is Cc1nc2c(c(OCC3CC3)n1)CCN(CC(=O)N(C)C)CC2. The van der Waals surface area contributed by atoms with Gasteiger partial charge in [0, 0.05) is 39.2 Å². The summed E-state index contributed by atoms with van der Waals surface area (Å²) < 4.78 is 5.97. The molecule has 2 heterocycles. The molecular formula is C17H26N4O2. The first kappa shape index (κ1) is 16.2. The molecule has 1 aromatic rings. The minimum absolute atomic E-state index is 0.142. The predicted molar refractivity (Wildman–Crippen MR) is 87.5 cm³/mol. The van der Waals surface area contributed by atoms with E-state index in [4.69, 9.17) is 4.74 Å². The molecule has 6 nitrogen and oxygen atoms in total. The highest BCUT2D eigenvalue weighted by atomic mass is 16.5. The molecule has 1 fully saturated rings. The fourth-order valence-corrected chi connectivity index (χ4v) is 2.82. The summed E-state index contributed by atoms with van der Waals surface area (Å²) in [5.74, 6) is 2.39. The monoisotopic (exact) mass is 318 g/mol. The van der Waals surface area contributed by atoms with Crippen LogP contribution in [0.3, 0.4) is 0 Å². The molecule has 1 aliphatic carbocycles. The van der Waals surface area contributed by atoms with Crippen molar-refractivity contribution >= 4 is 5.91 Å². The quantitative estimate of drug-likeness (QED) is 0.812. The number of amides is 1. The Morgan fingerprint density at radius 2 is 2.00 bits per heavy atom. The van der Waals surface area contributed by atoms with Crippen molar-refractivity contribution in [2.24, 2.45) is 5.92 Å². The lowest BCUT2D eigenvalue weighted by Gasteiger charge is -2.21. The van der Waals surface area contributed by atoms with Gasteiger partial charge in [0.2, 0.25) is 11.8 Å². The number of ether oxygens (including phenoxy) is 1. The van der Waals surface area contributed by atoms with Crippen LogP contribution in [-0.2, 0) is 17.6 Å². The maximum Gasteiger partial charge on any atom is 0.236 e. The molecule has 0 unspecified atom stereocenters. The number of nitrogens with zero attached hydrogens (tertiary/aromatic N) is 4. The van der Waals surface area contributed by atoms with Gasteiger partial charge in [-0.2, -0.15) is 4.98 Å². The van der Waals surface area contributed by atoms with Crippen LogP contribution in [0.15, 0.2) is 0 Å². The third-order valence-electron chi connectivity index (χ3n) is 4.52. The summed E-state index contributed by atoms with van der Waals surface area (Å²) in [5, 5.41) is 0. The van der Waals surface area contributed by atoms with E-state index in [1.54, 1.807) is 19.0 Å². The van der Waals surface area contributed by atoms with E-state index >= 15 is 0 Å². The van der Waals surface area contributed by atoms with Crippen molar-refractivity contribution < 1.29 is 9.53 Å². The van der Waals surface area contributed by atoms with Crippen molar-refractivity contribution in [2.45, 2.75) is 32.6 Å². The van der Waals surface area contributed by atoms with Crippen LogP contribution in [0.2, 0.25) is 0 Å². The number of rotatable bonds is 5. The minimum atomic E-state index is 0.142. The fraction of sp³-hybridized carbons (Fsp3) is 0.706. The van der Waals surface area contributed by atoms with E-state index in [-0.39, 0.29) is 5.91 Å². The van der Waals surface area contributed by atoms with Crippen LogP contribution in [0.25, 0.3) is 0 Å². The van der Waals surface area contributed by atoms with E-state index in [1.165, 1.54) is 12.8 Å². The summed E-state index contributed by atoms with van der Waals surface area (Å²) in [4.78, 5) is 24.9. The highest BCUT2D eigenvalue weighted by Gasteiger charge is 2.25.